The maximum atomic E-state index is 14.6. The summed E-state index contributed by atoms with van der Waals surface area (Å²) in [6, 6.07) is 50.0. The minimum Gasteiger partial charge on any atom is -0.305 e. The predicted molar refractivity (Wildman–Crippen MR) is 184 cm³/mol. The second-order valence-electron chi connectivity index (χ2n) is 10.7. The average Bonchev–Trinajstić information content (AvgIpc) is 3.12. The van der Waals surface area contributed by atoms with E-state index in [2.05, 4.69) is 0 Å². The Morgan fingerprint density at radius 3 is 0.933 bits per heavy atom. The number of rotatable bonds is 10. The van der Waals surface area contributed by atoms with Crippen molar-refractivity contribution in [1.82, 2.24) is 0 Å². The second kappa shape index (κ2) is 13.0. The fourth-order valence-electron chi connectivity index (χ4n) is 5.45. The van der Waals surface area contributed by atoms with Crippen LogP contribution >= 0.6 is 14.3 Å². The zero-order valence-corrected chi connectivity index (χ0v) is 26.2. The van der Waals surface area contributed by atoms with Crippen LogP contribution in [0.4, 0.5) is 0 Å². The number of hydrogen-bond acceptors (Lipinski definition) is 4. The summed E-state index contributed by atoms with van der Waals surface area (Å²) < 4.78 is 29.2. The van der Waals surface area contributed by atoms with Crippen molar-refractivity contribution in [2.45, 2.75) is 6.42 Å². The van der Waals surface area contributed by atoms with Crippen molar-refractivity contribution in [3.8, 4) is 0 Å². The van der Waals surface area contributed by atoms with Crippen LogP contribution in [0.3, 0.4) is 0 Å². The monoisotopic (exact) mass is 624 g/mol. The number of benzene rings is 6. The molecule has 0 radical (unpaired) electrons. The summed E-state index contributed by atoms with van der Waals surface area (Å²) in [7, 11) is -7.26. The van der Waals surface area contributed by atoms with E-state index in [0.29, 0.717) is 38.8 Å². The van der Waals surface area contributed by atoms with Crippen molar-refractivity contribution in [3.05, 3.63) is 192 Å². The molecule has 6 heteroatoms. The third kappa shape index (κ3) is 5.96. The fourth-order valence-corrected chi connectivity index (χ4v) is 10.3. The molecule has 0 fully saturated rings. The van der Waals surface area contributed by atoms with E-state index < -0.39 is 25.3 Å². The highest BCUT2D eigenvalue weighted by Gasteiger charge is 2.37. The summed E-state index contributed by atoms with van der Waals surface area (Å²) in [5, 5.41) is 1.94. The van der Waals surface area contributed by atoms with Gasteiger partial charge in [-0.1, -0.05) is 170 Å². The van der Waals surface area contributed by atoms with Crippen molar-refractivity contribution < 1.29 is 18.7 Å². The van der Waals surface area contributed by atoms with Gasteiger partial charge in [-0.15, -0.1) is 0 Å². The molecule has 6 aromatic carbocycles. The Morgan fingerprint density at radius 1 is 0.356 bits per heavy atom. The zero-order valence-electron chi connectivity index (χ0n) is 24.4. The molecule has 0 aliphatic carbocycles. The second-order valence-corrected chi connectivity index (χ2v) is 16.1. The third-order valence-corrected chi connectivity index (χ3v) is 13.6. The number of hydrogen-bond donors (Lipinski definition) is 0. The van der Waals surface area contributed by atoms with Gasteiger partial charge in [0.05, 0.1) is 0 Å². The Labute approximate surface area is 263 Å². The summed E-state index contributed by atoms with van der Waals surface area (Å²) in [6.07, 6.45) is 0.561. The van der Waals surface area contributed by atoms with E-state index in [9.17, 15) is 18.7 Å². The minimum atomic E-state index is -3.63. The lowest BCUT2D eigenvalue weighted by atomic mass is 10.1. The third-order valence-electron chi connectivity index (χ3n) is 7.86. The maximum absolute atomic E-state index is 14.6. The molecule has 2 atom stereocenters. The van der Waals surface area contributed by atoms with Crippen LogP contribution in [0, 0.1) is 0 Å². The summed E-state index contributed by atoms with van der Waals surface area (Å²) in [5.41, 5.74) is 1.95. The molecule has 45 heavy (non-hydrogen) atoms. The molecule has 0 N–H and O–H groups in total. The Balaban J connectivity index is 1.29. The number of carbonyl (C=O) groups is 2. The van der Waals surface area contributed by atoms with Crippen LogP contribution in [0.25, 0.3) is 0 Å². The molecule has 0 amide bonds. The van der Waals surface area contributed by atoms with Crippen molar-refractivity contribution in [2.24, 2.45) is 0 Å². The van der Waals surface area contributed by atoms with E-state index in [1.54, 1.807) is 121 Å². The zero-order chi connectivity index (χ0) is 31.3. The smallest absolute Gasteiger partial charge is 0.230 e. The van der Waals surface area contributed by atoms with E-state index in [1.807, 2.05) is 48.5 Å². The van der Waals surface area contributed by atoms with Crippen molar-refractivity contribution >= 4 is 46.6 Å². The van der Waals surface area contributed by atoms with Gasteiger partial charge >= 0.3 is 0 Å². The van der Waals surface area contributed by atoms with Crippen LogP contribution in [0.1, 0.15) is 31.8 Å². The van der Waals surface area contributed by atoms with Gasteiger partial charge in [-0.05, 0) is 17.5 Å². The Kier molecular flexibility index (Phi) is 8.71. The summed E-state index contributed by atoms with van der Waals surface area (Å²) >= 11 is 0. The Morgan fingerprint density at radius 2 is 0.622 bits per heavy atom. The highest BCUT2D eigenvalue weighted by Crippen LogP contribution is 2.48. The van der Waals surface area contributed by atoms with E-state index in [4.69, 9.17) is 0 Å². The van der Waals surface area contributed by atoms with E-state index in [0.717, 1.165) is 11.1 Å². The minimum absolute atomic E-state index is 0.398. The predicted octanol–water partition coefficient (Wildman–Crippen LogP) is 7.59. The van der Waals surface area contributed by atoms with Crippen LogP contribution in [0.2, 0.25) is 0 Å². The Bertz CT molecular complexity index is 1870. The largest absolute Gasteiger partial charge is 0.305 e. The first kappa shape index (κ1) is 30.2. The van der Waals surface area contributed by atoms with Gasteiger partial charge in [0.2, 0.25) is 25.3 Å². The molecule has 220 valence electrons. The van der Waals surface area contributed by atoms with Crippen LogP contribution in [0.5, 0.6) is 0 Å². The molecule has 0 aliphatic rings. The van der Waals surface area contributed by atoms with Gasteiger partial charge in [0.1, 0.15) is 0 Å². The van der Waals surface area contributed by atoms with Crippen LogP contribution < -0.4 is 21.2 Å². The lowest BCUT2D eigenvalue weighted by Gasteiger charge is -2.19. The van der Waals surface area contributed by atoms with Gasteiger partial charge in [0, 0.05) is 32.3 Å². The fraction of sp³-hybridized carbons (Fsp3) is 0.0256. The standard InChI is InChI=1S/C39H30O4P2/c40-38(32-13-5-1-6-14-32)44(42,34-17-9-3-10-18-34)36-25-21-30(22-26-36)29-31-23-27-37(28-24-31)45(43,35-19-11-4-12-20-35)39(41)33-15-7-2-8-16-33/h1-28H,29H2. The highest BCUT2D eigenvalue weighted by molar-refractivity contribution is 7.94. The van der Waals surface area contributed by atoms with E-state index in [-0.39, 0.29) is 0 Å². The molecule has 6 rings (SSSR count). The molecule has 6 aromatic rings. The van der Waals surface area contributed by atoms with Gasteiger partial charge < -0.3 is 9.13 Å². The molecule has 2 unspecified atom stereocenters. The average molecular weight is 625 g/mol. The normalized spacial score (nSPS) is 13.7. The van der Waals surface area contributed by atoms with Gasteiger partial charge in [-0.25, -0.2) is 0 Å². The molecule has 0 heterocycles. The van der Waals surface area contributed by atoms with E-state index >= 15 is 0 Å². The molecule has 0 saturated heterocycles. The lowest BCUT2D eigenvalue weighted by molar-refractivity contribution is 0.107. The molecule has 0 saturated carbocycles. The van der Waals surface area contributed by atoms with Gasteiger partial charge in [0.15, 0.2) is 0 Å². The molecule has 0 spiro atoms. The summed E-state index contributed by atoms with van der Waals surface area (Å²) in [5.74, 6) is 0. The first-order valence-electron chi connectivity index (χ1n) is 14.6. The maximum Gasteiger partial charge on any atom is 0.230 e. The Hall–Kier alpha value is -4.88. The van der Waals surface area contributed by atoms with Gasteiger partial charge in [-0.2, -0.15) is 0 Å². The first-order chi connectivity index (χ1) is 21.9. The molecule has 0 bridgehead atoms. The van der Waals surface area contributed by atoms with Crippen molar-refractivity contribution in [1.29, 1.82) is 0 Å². The lowest BCUT2D eigenvalue weighted by Crippen LogP contribution is -2.23. The molecule has 0 aromatic heterocycles. The van der Waals surface area contributed by atoms with Crippen molar-refractivity contribution in [3.63, 3.8) is 0 Å². The van der Waals surface area contributed by atoms with Gasteiger partial charge in [-0.3, -0.25) is 9.59 Å². The first-order valence-corrected chi connectivity index (χ1v) is 18.0. The highest BCUT2D eigenvalue weighted by atomic mass is 31.2. The topological polar surface area (TPSA) is 68.3 Å². The van der Waals surface area contributed by atoms with Crippen LogP contribution in [-0.2, 0) is 15.6 Å². The molecule has 0 aliphatic heterocycles. The number of carbonyl (C=O) groups excluding carboxylic acids is 2. The summed E-state index contributed by atoms with van der Waals surface area (Å²) in [4.78, 5) is 27.4. The molecule has 4 nitrogen and oxygen atoms in total. The summed E-state index contributed by atoms with van der Waals surface area (Å²) in [6.45, 7) is 0. The quantitative estimate of drug-likeness (QED) is 0.147. The van der Waals surface area contributed by atoms with Gasteiger partial charge in [0.25, 0.3) is 0 Å². The van der Waals surface area contributed by atoms with Crippen LogP contribution in [0.15, 0.2) is 170 Å². The molecular weight excluding hydrogens is 594 g/mol. The molecular formula is C39H30O4P2. The van der Waals surface area contributed by atoms with Crippen LogP contribution in [-0.4, -0.2) is 11.0 Å². The SMILES string of the molecule is O=C(c1ccccc1)P(=O)(c1ccccc1)c1ccc(Cc2ccc(P(=O)(C(=O)c3ccccc3)c3ccccc3)cc2)cc1. The van der Waals surface area contributed by atoms with Crippen molar-refractivity contribution in [2.75, 3.05) is 0 Å². The van der Waals surface area contributed by atoms with E-state index in [1.165, 1.54) is 0 Å².